The van der Waals surface area contributed by atoms with Crippen molar-refractivity contribution in [2.45, 2.75) is 64.5 Å². The Hall–Kier alpha value is -1.36. The van der Waals surface area contributed by atoms with E-state index in [0.717, 1.165) is 32.1 Å². The quantitative estimate of drug-likeness (QED) is 0.837. The van der Waals surface area contributed by atoms with Gasteiger partial charge in [-0.1, -0.05) is 6.92 Å². The molecule has 1 heterocycles. The first kappa shape index (κ1) is 15.5. The SMILES string of the molecule is CCOC(=O)[C@@H]1CC[C@H](N[C@H]2CCc3[nH]ncc3C2)C[C@H]1C. The van der Waals surface area contributed by atoms with Crippen molar-refractivity contribution >= 4 is 5.97 Å². The molecule has 22 heavy (non-hydrogen) atoms. The van der Waals surface area contributed by atoms with Crippen molar-refractivity contribution in [3.8, 4) is 0 Å². The van der Waals surface area contributed by atoms with E-state index in [1.54, 1.807) is 0 Å². The number of fused-ring (bicyclic) bond motifs is 1. The van der Waals surface area contributed by atoms with E-state index in [-0.39, 0.29) is 11.9 Å². The summed E-state index contributed by atoms with van der Waals surface area (Å²) in [5.41, 5.74) is 2.66. The molecule has 4 atom stereocenters. The van der Waals surface area contributed by atoms with E-state index in [0.29, 0.717) is 24.6 Å². The van der Waals surface area contributed by atoms with Crippen LogP contribution in [0.1, 0.15) is 50.8 Å². The number of aromatic nitrogens is 2. The summed E-state index contributed by atoms with van der Waals surface area (Å²) in [6, 6.07) is 1.07. The Kier molecular flexibility index (Phi) is 4.81. The van der Waals surface area contributed by atoms with Crippen LogP contribution in [-0.4, -0.2) is 34.9 Å². The average molecular weight is 305 g/mol. The number of aromatic amines is 1. The van der Waals surface area contributed by atoms with Crippen molar-refractivity contribution in [3.05, 3.63) is 17.5 Å². The molecule has 0 aliphatic heterocycles. The summed E-state index contributed by atoms with van der Waals surface area (Å²) in [6.07, 6.45) is 8.37. The van der Waals surface area contributed by atoms with Gasteiger partial charge >= 0.3 is 5.97 Å². The highest BCUT2D eigenvalue weighted by molar-refractivity contribution is 5.72. The molecule has 5 nitrogen and oxygen atoms in total. The van der Waals surface area contributed by atoms with Gasteiger partial charge in [-0.05, 0) is 56.9 Å². The van der Waals surface area contributed by atoms with Crippen LogP contribution in [-0.2, 0) is 22.4 Å². The lowest BCUT2D eigenvalue weighted by atomic mass is 9.77. The maximum Gasteiger partial charge on any atom is 0.309 e. The van der Waals surface area contributed by atoms with Gasteiger partial charge in [-0.2, -0.15) is 5.10 Å². The maximum absolute atomic E-state index is 12.0. The molecule has 1 saturated carbocycles. The first-order chi connectivity index (χ1) is 10.7. The molecular formula is C17H27N3O2. The minimum atomic E-state index is -0.00541. The number of nitrogens with zero attached hydrogens (tertiary/aromatic N) is 1. The van der Waals surface area contributed by atoms with E-state index in [1.807, 2.05) is 13.1 Å². The zero-order valence-electron chi connectivity index (χ0n) is 13.6. The van der Waals surface area contributed by atoms with Crippen LogP contribution in [0.4, 0.5) is 0 Å². The number of H-pyrrole nitrogens is 1. The molecule has 1 aromatic heterocycles. The molecule has 1 fully saturated rings. The van der Waals surface area contributed by atoms with Crippen molar-refractivity contribution in [3.63, 3.8) is 0 Å². The van der Waals surface area contributed by atoms with Gasteiger partial charge in [0.15, 0.2) is 0 Å². The number of aryl methyl sites for hydroxylation is 1. The number of esters is 1. The summed E-state index contributed by atoms with van der Waals surface area (Å²) in [4.78, 5) is 12.0. The van der Waals surface area contributed by atoms with Crippen molar-refractivity contribution in [2.24, 2.45) is 11.8 Å². The first-order valence-corrected chi connectivity index (χ1v) is 8.61. The average Bonchev–Trinajstić information content (AvgIpc) is 2.95. The molecule has 0 bridgehead atoms. The Morgan fingerprint density at radius 1 is 1.41 bits per heavy atom. The van der Waals surface area contributed by atoms with Crippen LogP contribution in [0.15, 0.2) is 6.20 Å². The fourth-order valence-corrected chi connectivity index (χ4v) is 4.04. The molecule has 5 heteroatoms. The summed E-state index contributed by atoms with van der Waals surface area (Å²) in [7, 11) is 0. The number of rotatable bonds is 4. The number of hydrogen-bond acceptors (Lipinski definition) is 4. The molecule has 0 amide bonds. The van der Waals surface area contributed by atoms with E-state index in [1.165, 1.54) is 17.7 Å². The minimum absolute atomic E-state index is 0.00541. The number of ether oxygens (including phenoxy) is 1. The fourth-order valence-electron chi connectivity index (χ4n) is 4.04. The molecule has 0 spiro atoms. The number of carbonyl (C=O) groups excluding carboxylic acids is 1. The van der Waals surface area contributed by atoms with E-state index in [2.05, 4.69) is 22.4 Å². The predicted molar refractivity (Wildman–Crippen MR) is 84.5 cm³/mol. The monoisotopic (exact) mass is 305 g/mol. The van der Waals surface area contributed by atoms with Crippen molar-refractivity contribution in [1.29, 1.82) is 0 Å². The minimum Gasteiger partial charge on any atom is -0.466 e. The molecule has 122 valence electrons. The van der Waals surface area contributed by atoms with E-state index >= 15 is 0 Å². The second-order valence-corrected chi connectivity index (χ2v) is 6.83. The Morgan fingerprint density at radius 3 is 3.05 bits per heavy atom. The topological polar surface area (TPSA) is 67.0 Å². The highest BCUT2D eigenvalue weighted by Crippen LogP contribution is 2.32. The molecule has 0 unspecified atom stereocenters. The second kappa shape index (κ2) is 6.82. The zero-order valence-corrected chi connectivity index (χ0v) is 13.6. The molecule has 0 saturated heterocycles. The van der Waals surface area contributed by atoms with Crippen LogP contribution in [0, 0.1) is 11.8 Å². The summed E-state index contributed by atoms with van der Waals surface area (Å²) >= 11 is 0. The van der Waals surface area contributed by atoms with Gasteiger partial charge in [-0.3, -0.25) is 9.89 Å². The largest absolute Gasteiger partial charge is 0.466 e. The van der Waals surface area contributed by atoms with Gasteiger partial charge in [-0.15, -0.1) is 0 Å². The first-order valence-electron chi connectivity index (χ1n) is 8.61. The number of nitrogens with one attached hydrogen (secondary N) is 2. The standard InChI is InChI=1S/C17H27N3O2/c1-3-22-17(21)15-6-4-13(8-11(15)2)19-14-5-7-16-12(9-14)10-18-20-16/h10-11,13-15,19H,3-9H2,1-2H3,(H,18,20)/t11-,13+,14+,15-/m1/s1. The maximum atomic E-state index is 12.0. The lowest BCUT2D eigenvalue weighted by Gasteiger charge is -2.36. The molecule has 2 aliphatic rings. The smallest absolute Gasteiger partial charge is 0.309 e. The summed E-state index contributed by atoms with van der Waals surface area (Å²) in [5, 5.41) is 11.0. The van der Waals surface area contributed by atoms with E-state index in [4.69, 9.17) is 4.74 Å². The second-order valence-electron chi connectivity index (χ2n) is 6.83. The van der Waals surface area contributed by atoms with Gasteiger partial charge in [0.05, 0.1) is 18.7 Å². The third kappa shape index (κ3) is 3.35. The van der Waals surface area contributed by atoms with Crippen LogP contribution in [0.2, 0.25) is 0 Å². The van der Waals surface area contributed by atoms with Crippen LogP contribution in [0.5, 0.6) is 0 Å². The highest BCUT2D eigenvalue weighted by atomic mass is 16.5. The van der Waals surface area contributed by atoms with E-state index < -0.39 is 0 Å². The van der Waals surface area contributed by atoms with Gasteiger partial charge < -0.3 is 10.1 Å². The molecule has 3 rings (SSSR count). The number of hydrogen-bond donors (Lipinski definition) is 2. The van der Waals surface area contributed by atoms with Crippen LogP contribution in [0.25, 0.3) is 0 Å². The summed E-state index contributed by atoms with van der Waals surface area (Å²) in [6.45, 7) is 4.55. The predicted octanol–water partition coefficient (Wildman–Crippen LogP) is 2.22. The third-order valence-corrected chi connectivity index (χ3v) is 5.25. The van der Waals surface area contributed by atoms with Gasteiger partial charge in [0, 0.05) is 17.8 Å². The molecule has 0 radical (unpaired) electrons. The zero-order chi connectivity index (χ0) is 15.5. The Labute approximate surface area is 132 Å². The van der Waals surface area contributed by atoms with Gasteiger partial charge in [0.1, 0.15) is 0 Å². The lowest BCUT2D eigenvalue weighted by molar-refractivity contribution is -0.151. The van der Waals surface area contributed by atoms with Crippen LogP contribution >= 0.6 is 0 Å². The van der Waals surface area contributed by atoms with Gasteiger partial charge in [0.25, 0.3) is 0 Å². The van der Waals surface area contributed by atoms with E-state index in [9.17, 15) is 4.79 Å². The number of carbonyl (C=O) groups is 1. The molecule has 2 N–H and O–H groups in total. The Morgan fingerprint density at radius 2 is 2.27 bits per heavy atom. The fraction of sp³-hybridized carbons (Fsp3) is 0.765. The Balaban J connectivity index is 1.50. The summed E-state index contributed by atoms with van der Waals surface area (Å²) in [5.74, 6) is 0.484. The van der Waals surface area contributed by atoms with Crippen molar-refractivity contribution in [1.82, 2.24) is 15.5 Å². The molecule has 0 aromatic carbocycles. The molecule has 1 aromatic rings. The van der Waals surface area contributed by atoms with Gasteiger partial charge in [0.2, 0.25) is 0 Å². The van der Waals surface area contributed by atoms with Crippen molar-refractivity contribution in [2.75, 3.05) is 6.61 Å². The third-order valence-electron chi connectivity index (χ3n) is 5.25. The van der Waals surface area contributed by atoms with Crippen LogP contribution in [0.3, 0.4) is 0 Å². The normalized spacial score (nSPS) is 31.5. The van der Waals surface area contributed by atoms with Gasteiger partial charge in [-0.25, -0.2) is 0 Å². The Bertz CT molecular complexity index is 514. The van der Waals surface area contributed by atoms with Crippen molar-refractivity contribution < 1.29 is 9.53 Å². The van der Waals surface area contributed by atoms with Crippen LogP contribution < -0.4 is 5.32 Å². The molecular weight excluding hydrogens is 278 g/mol. The molecule has 2 aliphatic carbocycles. The summed E-state index contributed by atoms with van der Waals surface area (Å²) < 4.78 is 5.20. The lowest BCUT2D eigenvalue weighted by Crippen LogP contribution is -2.45. The highest BCUT2D eigenvalue weighted by Gasteiger charge is 2.34.